The molecule has 0 aliphatic rings. The second-order valence-electron chi connectivity index (χ2n) is 8.02. The quantitative estimate of drug-likeness (QED) is 0.126. The molecule has 176 valence electrons. The van der Waals surface area contributed by atoms with Gasteiger partial charge in [0, 0.05) is 26.1 Å². The predicted molar refractivity (Wildman–Crippen MR) is 137 cm³/mol. The molecule has 2 heterocycles. The summed E-state index contributed by atoms with van der Waals surface area (Å²) in [7, 11) is 0. The highest BCUT2D eigenvalue weighted by Gasteiger charge is 2.26. The number of nitrogens with zero attached hydrogens (tertiary/aromatic N) is 4. The van der Waals surface area contributed by atoms with Gasteiger partial charge < -0.3 is 24.7 Å². The summed E-state index contributed by atoms with van der Waals surface area (Å²) >= 11 is 1.63. The van der Waals surface area contributed by atoms with Crippen LogP contribution < -0.4 is 10.6 Å². The summed E-state index contributed by atoms with van der Waals surface area (Å²) in [6.45, 7) is 12.6. The topological polar surface area (TPSA) is 100 Å². The molecule has 0 spiro atoms. The van der Waals surface area contributed by atoms with E-state index in [0.717, 1.165) is 49.2 Å². The van der Waals surface area contributed by atoms with Gasteiger partial charge in [0.05, 0.1) is 6.54 Å². The molecule has 1 unspecified atom stereocenters. The van der Waals surface area contributed by atoms with E-state index in [-0.39, 0.29) is 30.5 Å². The SMILES string of the molecule is CCNC(=NCC(C)(O)c1ccc(C)o1)NCCCc1nnc(SC)n1CC(C)C.I. The van der Waals surface area contributed by atoms with Gasteiger partial charge in [0.2, 0.25) is 0 Å². The van der Waals surface area contributed by atoms with Gasteiger partial charge >= 0.3 is 0 Å². The highest BCUT2D eigenvalue weighted by molar-refractivity contribution is 14.0. The van der Waals surface area contributed by atoms with Gasteiger partial charge in [0.1, 0.15) is 22.9 Å². The second kappa shape index (κ2) is 13.3. The second-order valence-corrected chi connectivity index (χ2v) is 8.79. The van der Waals surface area contributed by atoms with Crippen LogP contribution in [-0.4, -0.2) is 51.7 Å². The number of nitrogens with one attached hydrogen (secondary N) is 2. The Labute approximate surface area is 207 Å². The number of aliphatic hydroxyl groups is 1. The van der Waals surface area contributed by atoms with Crippen molar-refractivity contribution in [3.05, 3.63) is 29.5 Å². The number of halogens is 1. The summed E-state index contributed by atoms with van der Waals surface area (Å²) in [4.78, 5) is 4.54. The first kappa shape index (κ1) is 27.8. The van der Waals surface area contributed by atoms with Crippen molar-refractivity contribution >= 4 is 41.7 Å². The lowest BCUT2D eigenvalue weighted by atomic mass is 10.0. The fourth-order valence-electron chi connectivity index (χ4n) is 3.03. The van der Waals surface area contributed by atoms with Crippen molar-refractivity contribution in [2.24, 2.45) is 10.9 Å². The van der Waals surface area contributed by atoms with Crippen molar-refractivity contribution in [1.29, 1.82) is 0 Å². The number of rotatable bonds is 11. The van der Waals surface area contributed by atoms with Crippen molar-refractivity contribution in [3.63, 3.8) is 0 Å². The molecule has 1 atom stereocenters. The van der Waals surface area contributed by atoms with Gasteiger partial charge in [-0.2, -0.15) is 0 Å². The van der Waals surface area contributed by atoms with Crippen LogP contribution in [-0.2, 0) is 18.6 Å². The number of aromatic nitrogens is 3. The molecule has 8 nitrogen and oxygen atoms in total. The van der Waals surface area contributed by atoms with Gasteiger partial charge in [-0.05, 0) is 51.5 Å². The van der Waals surface area contributed by atoms with Gasteiger partial charge in [-0.25, -0.2) is 4.99 Å². The third-order valence-electron chi connectivity index (χ3n) is 4.55. The minimum absolute atomic E-state index is 0. The number of aliphatic imine (C=N–C) groups is 1. The van der Waals surface area contributed by atoms with Crippen LogP contribution in [0.5, 0.6) is 0 Å². The number of thioether (sulfide) groups is 1. The van der Waals surface area contributed by atoms with E-state index in [1.165, 1.54) is 0 Å². The number of hydrogen-bond donors (Lipinski definition) is 3. The van der Waals surface area contributed by atoms with Gasteiger partial charge in [-0.1, -0.05) is 25.6 Å². The number of guanidine groups is 1. The first-order valence-corrected chi connectivity index (χ1v) is 11.8. The number of hydrogen-bond acceptors (Lipinski definition) is 6. The van der Waals surface area contributed by atoms with Crippen molar-refractivity contribution in [2.75, 3.05) is 25.9 Å². The molecule has 0 saturated heterocycles. The van der Waals surface area contributed by atoms with Crippen LogP contribution in [0.25, 0.3) is 0 Å². The van der Waals surface area contributed by atoms with Gasteiger partial charge in [-0.3, -0.25) is 0 Å². The van der Waals surface area contributed by atoms with Crippen LogP contribution in [0.2, 0.25) is 0 Å². The first-order chi connectivity index (χ1) is 14.3. The lowest BCUT2D eigenvalue weighted by molar-refractivity contribution is 0.0428. The van der Waals surface area contributed by atoms with Crippen molar-refractivity contribution < 1.29 is 9.52 Å². The van der Waals surface area contributed by atoms with Crippen molar-refractivity contribution in [1.82, 2.24) is 25.4 Å². The lowest BCUT2D eigenvalue weighted by Crippen LogP contribution is -2.39. The molecule has 31 heavy (non-hydrogen) atoms. The van der Waals surface area contributed by atoms with Crippen LogP contribution in [0.3, 0.4) is 0 Å². The molecule has 0 amide bonds. The molecular weight excluding hydrogens is 527 g/mol. The predicted octanol–water partition coefficient (Wildman–Crippen LogP) is 3.57. The summed E-state index contributed by atoms with van der Waals surface area (Å²) in [5.41, 5.74) is -1.15. The third-order valence-corrected chi connectivity index (χ3v) is 5.22. The largest absolute Gasteiger partial charge is 0.463 e. The maximum absolute atomic E-state index is 10.7. The van der Waals surface area contributed by atoms with Crippen LogP contribution in [0, 0.1) is 12.8 Å². The molecule has 0 saturated carbocycles. The summed E-state index contributed by atoms with van der Waals surface area (Å²) < 4.78 is 7.78. The molecule has 0 aliphatic carbocycles. The molecule has 0 aromatic carbocycles. The van der Waals surface area contributed by atoms with Gasteiger partial charge in [0.25, 0.3) is 0 Å². The Bertz CT molecular complexity index is 819. The smallest absolute Gasteiger partial charge is 0.191 e. The summed E-state index contributed by atoms with van der Waals surface area (Å²) in [5.74, 6) is 3.53. The monoisotopic (exact) mass is 564 g/mol. The lowest BCUT2D eigenvalue weighted by Gasteiger charge is -2.19. The van der Waals surface area contributed by atoms with Gasteiger partial charge in [-0.15, -0.1) is 34.2 Å². The van der Waals surface area contributed by atoms with Crippen LogP contribution in [0.15, 0.2) is 26.7 Å². The highest BCUT2D eigenvalue weighted by atomic mass is 127. The molecule has 10 heteroatoms. The number of aryl methyl sites for hydroxylation is 2. The van der Waals surface area contributed by atoms with E-state index in [0.29, 0.717) is 17.6 Å². The minimum Gasteiger partial charge on any atom is -0.463 e. The third kappa shape index (κ3) is 8.64. The molecule has 0 fully saturated rings. The van der Waals surface area contributed by atoms with Crippen LogP contribution >= 0.6 is 35.7 Å². The average molecular weight is 565 g/mol. The summed E-state index contributed by atoms with van der Waals surface area (Å²) in [6.07, 6.45) is 3.78. The Morgan fingerprint density at radius 1 is 1.32 bits per heavy atom. The maximum atomic E-state index is 10.7. The average Bonchev–Trinajstić information content (AvgIpc) is 3.29. The molecule has 2 rings (SSSR count). The fourth-order valence-corrected chi connectivity index (χ4v) is 3.56. The van der Waals surface area contributed by atoms with Crippen LogP contribution in [0.1, 0.15) is 51.5 Å². The zero-order chi connectivity index (χ0) is 22.1. The Morgan fingerprint density at radius 2 is 2.06 bits per heavy atom. The van der Waals surface area contributed by atoms with E-state index < -0.39 is 5.60 Å². The van der Waals surface area contributed by atoms with Crippen molar-refractivity contribution in [2.45, 2.75) is 64.8 Å². The highest BCUT2D eigenvalue weighted by Crippen LogP contribution is 2.23. The zero-order valence-corrected chi connectivity index (χ0v) is 22.6. The number of furan rings is 1. The Hall–Kier alpha value is -1.27. The molecule has 3 N–H and O–H groups in total. The van der Waals surface area contributed by atoms with Crippen LogP contribution in [0.4, 0.5) is 0 Å². The van der Waals surface area contributed by atoms with Crippen molar-refractivity contribution in [3.8, 4) is 0 Å². The standard InChI is InChI=1S/C21H36N6O2S.HI/c1-7-22-19(24-14-21(5,28)17-11-10-16(4)29-17)23-12-8-9-18-25-26-20(30-6)27(18)13-15(2)3;/h10-11,15,28H,7-9,12-14H2,1-6H3,(H2,22,23,24);1H. The first-order valence-electron chi connectivity index (χ1n) is 10.5. The van der Waals surface area contributed by atoms with E-state index in [9.17, 15) is 5.11 Å². The minimum atomic E-state index is -1.15. The Morgan fingerprint density at radius 3 is 2.65 bits per heavy atom. The van der Waals surface area contributed by atoms with Gasteiger partial charge in [0.15, 0.2) is 11.1 Å². The Balaban J connectivity index is 0.00000480. The maximum Gasteiger partial charge on any atom is 0.191 e. The summed E-state index contributed by atoms with van der Waals surface area (Å²) in [5, 5.41) is 26.9. The Kier molecular flexibility index (Phi) is 11.9. The van der Waals surface area contributed by atoms with E-state index >= 15 is 0 Å². The zero-order valence-electron chi connectivity index (χ0n) is 19.4. The van der Waals surface area contributed by atoms with E-state index in [2.05, 4.69) is 44.2 Å². The molecule has 2 aromatic heterocycles. The molecular formula is C21H37IN6O2S. The molecule has 0 radical (unpaired) electrons. The van der Waals surface area contributed by atoms with E-state index in [1.807, 2.05) is 26.2 Å². The normalized spacial score (nSPS) is 13.7. The summed E-state index contributed by atoms with van der Waals surface area (Å²) in [6, 6.07) is 3.64. The molecule has 2 aromatic rings. The molecule has 0 bridgehead atoms. The fraction of sp³-hybridized carbons (Fsp3) is 0.667. The van der Waals surface area contributed by atoms with E-state index in [1.54, 1.807) is 24.8 Å². The van der Waals surface area contributed by atoms with E-state index in [4.69, 9.17) is 4.42 Å². The molecule has 0 aliphatic heterocycles.